The van der Waals surface area contributed by atoms with Crippen LogP contribution in [-0.4, -0.2) is 79.2 Å². The second-order valence-electron chi connectivity index (χ2n) is 11.2. The lowest BCUT2D eigenvalue weighted by Crippen LogP contribution is -2.60. The number of rotatable bonds is 11. The van der Waals surface area contributed by atoms with E-state index < -0.39 is 67.1 Å². The topological polar surface area (TPSA) is 179 Å². The molecule has 5 atom stereocenters. The van der Waals surface area contributed by atoms with Gasteiger partial charge in [0.05, 0.1) is 30.5 Å². The van der Waals surface area contributed by atoms with Gasteiger partial charge in [0.25, 0.3) is 0 Å². The maximum atomic E-state index is 14.1. The molecule has 1 aromatic heterocycles. The van der Waals surface area contributed by atoms with Crippen LogP contribution in [0.15, 0.2) is 54.6 Å². The number of hydrogen-bond donors (Lipinski definition) is 0. The van der Waals surface area contributed by atoms with Crippen LogP contribution in [0.3, 0.4) is 0 Å². The summed E-state index contributed by atoms with van der Waals surface area (Å²) in [7, 11) is 1.49. The summed E-state index contributed by atoms with van der Waals surface area (Å²) in [5.74, 6) is -3.51. The summed E-state index contributed by atoms with van der Waals surface area (Å²) < 4.78 is 40.7. The van der Waals surface area contributed by atoms with Gasteiger partial charge in [-0.3, -0.25) is 23.7 Å². The first-order valence-electron chi connectivity index (χ1n) is 15.7. The van der Waals surface area contributed by atoms with E-state index in [4.69, 9.17) is 45.4 Å². The molecule has 0 saturated carbocycles. The number of methoxy groups -OCH3 is 1. The summed E-state index contributed by atoms with van der Waals surface area (Å²) in [6, 6.07) is 17.2. The average Bonchev–Trinajstić information content (AvgIpc) is 3.08. The van der Waals surface area contributed by atoms with Gasteiger partial charge in [0.2, 0.25) is 0 Å². The molecular formula is C36H36N2O12S. The molecule has 1 aliphatic heterocycles. The van der Waals surface area contributed by atoms with Crippen molar-refractivity contribution in [2.75, 3.05) is 20.3 Å². The van der Waals surface area contributed by atoms with Gasteiger partial charge in [0.15, 0.2) is 24.5 Å². The molecule has 0 aliphatic carbocycles. The van der Waals surface area contributed by atoms with Gasteiger partial charge in [-0.15, -0.1) is 0 Å². The molecule has 3 aromatic rings. The van der Waals surface area contributed by atoms with E-state index in [9.17, 15) is 29.2 Å². The van der Waals surface area contributed by atoms with Gasteiger partial charge in [-0.25, -0.2) is 4.79 Å². The third-order valence-electron chi connectivity index (χ3n) is 7.65. The van der Waals surface area contributed by atoms with Gasteiger partial charge in [0, 0.05) is 33.3 Å². The summed E-state index contributed by atoms with van der Waals surface area (Å²) in [6.45, 7) is 5.52. The van der Waals surface area contributed by atoms with E-state index in [1.807, 2.05) is 0 Å². The number of nitriles is 1. The molecule has 2 aromatic carbocycles. The van der Waals surface area contributed by atoms with Gasteiger partial charge in [-0.1, -0.05) is 54.7 Å². The Hall–Kier alpha value is -5.59. The Bertz CT molecular complexity index is 1900. The van der Waals surface area contributed by atoms with Gasteiger partial charge in [0.1, 0.15) is 29.2 Å². The van der Waals surface area contributed by atoms with Crippen LogP contribution in [0.2, 0.25) is 0 Å². The van der Waals surface area contributed by atoms with Gasteiger partial charge >= 0.3 is 29.8 Å². The monoisotopic (exact) mass is 720 g/mol. The average molecular weight is 721 g/mol. The molecule has 14 nitrogen and oxygen atoms in total. The van der Waals surface area contributed by atoms with E-state index in [2.05, 4.69) is 6.07 Å². The molecule has 5 unspecified atom stereocenters. The van der Waals surface area contributed by atoms with E-state index >= 15 is 0 Å². The Morgan fingerprint density at radius 3 is 1.92 bits per heavy atom. The van der Waals surface area contributed by atoms with Crippen LogP contribution in [0.25, 0.3) is 22.4 Å². The summed E-state index contributed by atoms with van der Waals surface area (Å²) >= 11 is 6.01. The molecule has 0 N–H and O–H groups in total. The number of nitrogens with zero attached hydrogens (tertiary/aromatic N) is 2. The van der Waals surface area contributed by atoms with Crippen molar-refractivity contribution in [3.05, 3.63) is 70.4 Å². The van der Waals surface area contributed by atoms with E-state index in [0.29, 0.717) is 16.9 Å². The lowest BCUT2D eigenvalue weighted by atomic mass is 9.90. The lowest BCUT2D eigenvalue weighted by Gasteiger charge is -2.45. The molecule has 0 spiro atoms. The Kier molecular flexibility index (Phi) is 12.6. The SMILES string of the molecule is CCOC(=O)c1c(-c2ccc(OC)cc2)c(C#N)c(=S)n(C2OC(COC(C)=O)C(OC(C)=O)C(OC(C)=O)C2OC(C)=O)c1-c1ccccc1. The Morgan fingerprint density at radius 1 is 0.804 bits per heavy atom. The molecule has 0 amide bonds. The van der Waals surface area contributed by atoms with Gasteiger partial charge in [-0.2, -0.15) is 5.26 Å². The normalized spacial score (nSPS) is 19.5. The molecule has 4 rings (SSSR count). The van der Waals surface area contributed by atoms with E-state index in [0.717, 1.165) is 27.7 Å². The summed E-state index contributed by atoms with van der Waals surface area (Å²) in [4.78, 5) is 63.6. The number of carbonyl (C=O) groups excluding carboxylic acids is 5. The van der Waals surface area contributed by atoms with E-state index in [1.165, 1.54) is 11.7 Å². The summed E-state index contributed by atoms with van der Waals surface area (Å²) in [5.41, 5.74) is 0.817. The zero-order valence-corrected chi connectivity index (χ0v) is 29.5. The first-order valence-corrected chi connectivity index (χ1v) is 16.1. The highest BCUT2D eigenvalue weighted by atomic mass is 32.1. The van der Waals surface area contributed by atoms with Gasteiger partial charge in [-0.05, 0) is 30.2 Å². The molecule has 1 fully saturated rings. The van der Waals surface area contributed by atoms with Crippen LogP contribution in [0.5, 0.6) is 5.75 Å². The minimum atomic E-state index is -1.60. The van der Waals surface area contributed by atoms with Crippen molar-refractivity contribution in [2.24, 2.45) is 0 Å². The Morgan fingerprint density at radius 2 is 1.39 bits per heavy atom. The molecule has 1 saturated heterocycles. The van der Waals surface area contributed by atoms with Crippen molar-refractivity contribution >= 4 is 42.1 Å². The predicted octanol–water partition coefficient (Wildman–Crippen LogP) is 4.86. The minimum Gasteiger partial charge on any atom is -0.497 e. The predicted molar refractivity (Wildman–Crippen MR) is 181 cm³/mol. The largest absolute Gasteiger partial charge is 0.497 e. The Balaban J connectivity index is 2.20. The molecule has 0 radical (unpaired) electrons. The highest BCUT2D eigenvalue weighted by molar-refractivity contribution is 7.71. The minimum absolute atomic E-state index is 0.0360. The van der Waals surface area contributed by atoms with Crippen molar-refractivity contribution < 1.29 is 57.1 Å². The fourth-order valence-corrected chi connectivity index (χ4v) is 6.12. The fraction of sp³-hybridized carbons (Fsp3) is 0.361. The van der Waals surface area contributed by atoms with Crippen LogP contribution in [0, 0.1) is 16.0 Å². The first-order chi connectivity index (χ1) is 24.3. The number of carbonyl (C=O) groups is 5. The van der Waals surface area contributed by atoms with Crippen LogP contribution >= 0.6 is 12.2 Å². The maximum absolute atomic E-state index is 14.1. The molecule has 1 aliphatic rings. The lowest BCUT2D eigenvalue weighted by molar-refractivity contribution is -0.268. The molecular weight excluding hydrogens is 684 g/mol. The van der Waals surface area contributed by atoms with E-state index in [1.54, 1.807) is 61.5 Å². The highest BCUT2D eigenvalue weighted by Crippen LogP contribution is 2.43. The third-order valence-corrected chi connectivity index (χ3v) is 8.05. The number of esters is 5. The molecule has 15 heteroatoms. The van der Waals surface area contributed by atoms with E-state index in [-0.39, 0.29) is 33.6 Å². The van der Waals surface area contributed by atoms with Crippen LogP contribution < -0.4 is 4.74 Å². The summed E-state index contributed by atoms with van der Waals surface area (Å²) in [6.07, 6.45) is -7.55. The number of pyridine rings is 1. The second kappa shape index (κ2) is 16.9. The zero-order chi connectivity index (χ0) is 37.4. The van der Waals surface area contributed by atoms with Crippen LogP contribution in [-0.2, 0) is 47.6 Å². The van der Waals surface area contributed by atoms with Crippen molar-refractivity contribution in [1.82, 2.24) is 4.57 Å². The zero-order valence-electron chi connectivity index (χ0n) is 28.7. The number of ether oxygens (including phenoxy) is 7. The number of hydrogen-bond acceptors (Lipinski definition) is 14. The van der Waals surface area contributed by atoms with Crippen molar-refractivity contribution in [3.63, 3.8) is 0 Å². The quantitative estimate of drug-likeness (QED) is 0.149. The molecule has 2 heterocycles. The Labute approximate surface area is 298 Å². The summed E-state index contributed by atoms with van der Waals surface area (Å²) in [5, 5.41) is 10.7. The maximum Gasteiger partial charge on any atom is 0.340 e. The van der Waals surface area contributed by atoms with Crippen molar-refractivity contribution in [1.29, 1.82) is 5.26 Å². The van der Waals surface area contributed by atoms with Crippen molar-refractivity contribution in [3.8, 4) is 34.2 Å². The third kappa shape index (κ3) is 8.59. The molecule has 51 heavy (non-hydrogen) atoms. The standard InChI is InChI=1S/C36H36N2O12S/c1-7-45-36(43)29-28(23-13-15-25(44-6)16-14-23)26(17-37)35(51)38(30(29)24-11-9-8-10-12-24)34-33(49-22(5)42)32(48-21(4)41)31(47-20(3)40)27(50-34)18-46-19(2)39/h8-16,27,31-34H,7,18H2,1-6H3. The highest BCUT2D eigenvalue weighted by Gasteiger charge is 2.53. The van der Waals surface area contributed by atoms with Crippen LogP contribution in [0.4, 0.5) is 0 Å². The van der Waals surface area contributed by atoms with Gasteiger partial charge < -0.3 is 33.2 Å². The molecule has 0 bridgehead atoms. The van der Waals surface area contributed by atoms with Crippen LogP contribution in [0.1, 0.15) is 56.8 Å². The number of aromatic nitrogens is 1. The number of benzene rings is 2. The first kappa shape index (κ1) is 38.2. The van der Waals surface area contributed by atoms with Crippen molar-refractivity contribution in [2.45, 2.75) is 65.3 Å². The second-order valence-corrected chi connectivity index (χ2v) is 11.6. The smallest absolute Gasteiger partial charge is 0.340 e. The molecule has 268 valence electrons. The fourth-order valence-electron chi connectivity index (χ4n) is 5.78.